The maximum atomic E-state index is 12.9. The van der Waals surface area contributed by atoms with Crippen LogP contribution in [0, 0.1) is 0 Å². The summed E-state index contributed by atoms with van der Waals surface area (Å²) in [6.07, 6.45) is 3.12. The highest BCUT2D eigenvalue weighted by Gasteiger charge is 2.23. The number of hydrogen-bond acceptors (Lipinski definition) is 10. The van der Waals surface area contributed by atoms with Crippen LogP contribution in [0.3, 0.4) is 0 Å². The summed E-state index contributed by atoms with van der Waals surface area (Å²) in [7, 11) is 1.18. The maximum Gasteiger partial charge on any atom is 0.338 e. The van der Waals surface area contributed by atoms with Crippen molar-refractivity contribution in [1.82, 2.24) is 25.6 Å². The highest BCUT2D eigenvalue weighted by molar-refractivity contribution is 5.97. The minimum Gasteiger partial charge on any atom is -0.467 e. The number of aromatic nitrogens is 3. The number of methoxy groups -OCH3 is 1. The van der Waals surface area contributed by atoms with Gasteiger partial charge in [0.25, 0.3) is 5.91 Å². The lowest BCUT2D eigenvalue weighted by Crippen LogP contribution is -2.49. The smallest absolute Gasteiger partial charge is 0.338 e. The van der Waals surface area contributed by atoms with Crippen molar-refractivity contribution in [3.8, 4) is 0 Å². The largest absolute Gasteiger partial charge is 0.467 e. The molecule has 0 aliphatic carbocycles. The van der Waals surface area contributed by atoms with Crippen LogP contribution >= 0.6 is 0 Å². The fourth-order valence-corrected chi connectivity index (χ4v) is 4.33. The zero-order valence-corrected chi connectivity index (χ0v) is 23.6. The van der Waals surface area contributed by atoms with Crippen molar-refractivity contribution in [2.24, 2.45) is 0 Å². The number of nitrogen functional groups attached to an aromatic ring is 2. The summed E-state index contributed by atoms with van der Waals surface area (Å²) < 4.78 is 9.75. The Hall–Kier alpha value is -5.66. The van der Waals surface area contributed by atoms with E-state index in [0.29, 0.717) is 35.6 Å². The second kappa shape index (κ2) is 13.8. The Morgan fingerprint density at radius 2 is 1.77 bits per heavy atom. The Bertz CT molecular complexity index is 1640. The van der Waals surface area contributed by atoms with Crippen molar-refractivity contribution in [2.45, 2.75) is 25.8 Å². The second-order valence-corrected chi connectivity index (χ2v) is 9.39. The molecule has 0 fully saturated rings. The number of nitrogens with one attached hydrogen (secondary N) is 4. The molecule has 0 aliphatic rings. The number of benzene rings is 2. The molecule has 4 rings (SSSR count). The lowest BCUT2D eigenvalue weighted by molar-refractivity contribution is -0.142. The van der Waals surface area contributed by atoms with Crippen molar-refractivity contribution in [1.29, 1.82) is 0 Å². The van der Waals surface area contributed by atoms with Crippen molar-refractivity contribution >= 4 is 52.4 Å². The number of carbonyl (C=O) groups is 4. The number of rotatable bonds is 11. The summed E-state index contributed by atoms with van der Waals surface area (Å²) in [4.78, 5) is 60.9. The molecule has 4 aromatic rings. The van der Waals surface area contributed by atoms with E-state index in [2.05, 4.69) is 30.9 Å². The number of nitrogens with two attached hydrogens (primary N) is 2. The number of carbonyl (C=O) groups excluding carboxylic acids is 4. The topological polar surface area (TPSA) is 216 Å². The summed E-state index contributed by atoms with van der Waals surface area (Å²) in [5.41, 5.74) is 15.1. The van der Waals surface area contributed by atoms with Gasteiger partial charge in [-0.3, -0.25) is 4.79 Å². The molecule has 14 heteroatoms. The van der Waals surface area contributed by atoms with Gasteiger partial charge < -0.3 is 41.9 Å². The van der Waals surface area contributed by atoms with Crippen molar-refractivity contribution in [2.75, 3.05) is 37.0 Å². The van der Waals surface area contributed by atoms with Gasteiger partial charge in [0.2, 0.25) is 5.95 Å². The number of aromatic amines is 1. The van der Waals surface area contributed by atoms with Crippen LogP contribution in [0.25, 0.3) is 11.0 Å². The van der Waals surface area contributed by atoms with Gasteiger partial charge in [0.15, 0.2) is 0 Å². The van der Waals surface area contributed by atoms with Crippen molar-refractivity contribution in [3.63, 3.8) is 0 Å². The third-order valence-electron chi connectivity index (χ3n) is 6.45. The van der Waals surface area contributed by atoms with Crippen LogP contribution in [0.1, 0.15) is 38.8 Å². The van der Waals surface area contributed by atoms with Gasteiger partial charge in [-0.1, -0.05) is 18.2 Å². The van der Waals surface area contributed by atoms with Crippen LogP contribution in [0.4, 0.5) is 22.2 Å². The molecule has 2 aromatic heterocycles. The number of amides is 3. The number of esters is 2. The monoisotopic (exact) mass is 588 g/mol. The first kappa shape index (κ1) is 30.3. The Balaban J connectivity index is 1.32. The molecule has 8 N–H and O–H groups in total. The normalized spacial score (nSPS) is 11.4. The first-order valence-electron chi connectivity index (χ1n) is 13.4. The molecule has 0 bridgehead atoms. The van der Waals surface area contributed by atoms with Gasteiger partial charge in [0.1, 0.15) is 17.5 Å². The predicted molar refractivity (Wildman–Crippen MR) is 159 cm³/mol. The van der Waals surface area contributed by atoms with Gasteiger partial charge in [0.05, 0.1) is 31.2 Å². The summed E-state index contributed by atoms with van der Waals surface area (Å²) in [5.74, 6) is -1.38. The van der Waals surface area contributed by atoms with E-state index in [4.69, 9.17) is 20.9 Å². The summed E-state index contributed by atoms with van der Waals surface area (Å²) in [5, 5.41) is 8.42. The van der Waals surface area contributed by atoms with Gasteiger partial charge in [-0.2, -0.15) is 9.97 Å². The van der Waals surface area contributed by atoms with E-state index in [1.807, 2.05) is 18.3 Å². The van der Waals surface area contributed by atoms with E-state index in [9.17, 15) is 19.2 Å². The number of nitrogens with zero attached hydrogens (tertiary/aromatic N) is 2. The number of aryl methyl sites for hydroxylation is 2. The highest BCUT2D eigenvalue weighted by Crippen LogP contribution is 2.24. The van der Waals surface area contributed by atoms with Gasteiger partial charge in [-0.25, -0.2) is 14.4 Å². The van der Waals surface area contributed by atoms with E-state index in [-0.39, 0.29) is 24.7 Å². The minimum absolute atomic E-state index is 0.0962. The predicted octanol–water partition coefficient (Wildman–Crippen LogP) is 2.18. The third-order valence-corrected chi connectivity index (χ3v) is 6.45. The molecular formula is C29H32N8O6. The zero-order chi connectivity index (χ0) is 30.9. The van der Waals surface area contributed by atoms with Crippen LogP contribution in [-0.2, 0) is 27.1 Å². The SMILES string of the molecule is CCOC(=O)c1cccc(NC(=O)NC[C@H](NC(=O)c2ccc(CCc3c[nH]c4nc(N)nc(N)c34)cc2)C(=O)OC)c1. The molecule has 2 heterocycles. The van der Waals surface area contributed by atoms with E-state index >= 15 is 0 Å². The average Bonchev–Trinajstić information content (AvgIpc) is 3.41. The quantitative estimate of drug-likeness (QED) is 0.140. The molecule has 224 valence electrons. The Kier molecular flexibility index (Phi) is 9.73. The fraction of sp³-hybridized carbons (Fsp3) is 0.241. The van der Waals surface area contributed by atoms with Gasteiger partial charge in [-0.05, 0) is 61.2 Å². The Morgan fingerprint density at radius 3 is 2.49 bits per heavy atom. The molecule has 2 aromatic carbocycles. The molecule has 0 radical (unpaired) electrons. The van der Waals surface area contributed by atoms with Gasteiger partial charge >= 0.3 is 18.0 Å². The summed E-state index contributed by atoms with van der Waals surface area (Å²) in [6, 6.07) is 11.3. The van der Waals surface area contributed by atoms with Crippen LogP contribution in [0.15, 0.2) is 54.7 Å². The minimum atomic E-state index is -1.16. The van der Waals surface area contributed by atoms with E-state index < -0.39 is 29.9 Å². The molecule has 0 spiro atoms. The number of fused-ring (bicyclic) bond motifs is 1. The van der Waals surface area contributed by atoms with Crippen LogP contribution in [0.5, 0.6) is 0 Å². The fourth-order valence-electron chi connectivity index (χ4n) is 4.33. The Morgan fingerprint density at radius 1 is 1.00 bits per heavy atom. The molecule has 1 atom stereocenters. The lowest BCUT2D eigenvalue weighted by atomic mass is 10.0. The zero-order valence-electron chi connectivity index (χ0n) is 23.6. The standard InChI is InChI=1S/C29H32N8O6/c1-3-43-26(39)18-5-4-6-20(13-18)34-29(41)33-15-21(27(40)42-2)35-25(38)17-10-7-16(8-11-17)9-12-19-14-32-24-22(19)23(30)36-28(31)37-24/h4-8,10-11,13-14,21H,3,9,12,15H2,1-2H3,(H,35,38)(H2,33,34,41)(H5,30,31,32,36,37)/t21-/m0/s1. The lowest BCUT2D eigenvalue weighted by Gasteiger charge is -2.17. The molecule has 14 nitrogen and oxygen atoms in total. The van der Waals surface area contributed by atoms with Gasteiger partial charge in [-0.15, -0.1) is 0 Å². The van der Waals surface area contributed by atoms with E-state index in [1.165, 1.54) is 13.2 Å². The molecule has 3 amide bonds. The maximum absolute atomic E-state index is 12.9. The van der Waals surface area contributed by atoms with Crippen molar-refractivity contribution in [3.05, 3.63) is 77.0 Å². The van der Waals surface area contributed by atoms with Crippen LogP contribution in [-0.4, -0.2) is 65.1 Å². The summed E-state index contributed by atoms with van der Waals surface area (Å²) in [6.45, 7) is 1.66. The average molecular weight is 589 g/mol. The number of anilines is 3. The number of H-pyrrole nitrogens is 1. The van der Waals surface area contributed by atoms with Gasteiger partial charge in [0, 0.05) is 17.4 Å². The molecule has 0 saturated carbocycles. The molecular weight excluding hydrogens is 556 g/mol. The van der Waals surface area contributed by atoms with Crippen LogP contribution < -0.4 is 27.4 Å². The van der Waals surface area contributed by atoms with E-state index in [1.54, 1.807) is 37.3 Å². The summed E-state index contributed by atoms with van der Waals surface area (Å²) >= 11 is 0. The molecule has 0 aliphatic heterocycles. The van der Waals surface area contributed by atoms with Crippen molar-refractivity contribution < 1.29 is 28.7 Å². The first-order chi connectivity index (χ1) is 20.7. The highest BCUT2D eigenvalue weighted by atomic mass is 16.5. The Labute approximate surface area is 246 Å². The molecule has 0 unspecified atom stereocenters. The second-order valence-electron chi connectivity index (χ2n) is 9.39. The molecule has 0 saturated heterocycles. The van der Waals surface area contributed by atoms with E-state index in [0.717, 1.165) is 16.5 Å². The number of ether oxygens (including phenoxy) is 2. The first-order valence-corrected chi connectivity index (χ1v) is 13.4. The molecule has 43 heavy (non-hydrogen) atoms. The third kappa shape index (κ3) is 7.75. The number of urea groups is 1. The van der Waals surface area contributed by atoms with Crippen LogP contribution in [0.2, 0.25) is 0 Å². The number of hydrogen-bond donors (Lipinski definition) is 6.